The van der Waals surface area contributed by atoms with Gasteiger partial charge >= 0.3 is 0 Å². The summed E-state index contributed by atoms with van der Waals surface area (Å²) >= 11 is 1.15. The number of amides is 2. The number of aromatic nitrogens is 3. The number of para-hydroxylation sites is 1. The zero-order chi connectivity index (χ0) is 23.1. The van der Waals surface area contributed by atoms with Crippen LogP contribution in [0.2, 0.25) is 0 Å². The lowest BCUT2D eigenvalue weighted by Crippen LogP contribution is -2.28. The van der Waals surface area contributed by atoms with Gasteiger partial charge in [-0.1, -0.05) is 37.7 Å². The number of ether oxygens (including phenoxy) is 1. The highest BCUT2D eigenvalue weighted by molar-refractivity contribution is 7.99. The van der Waals surface area contributed by atoms with E-state index in [1.54, 1.807) is 43.5 Å². The zero-order valence-corrected chi connectivity index (χ0v) is 19.0. The number of rotatable bonds is 9. The monoisotopic (exact) mass is 454 g/mol. The number of carbonyl (C=O) groups is 2. The van der Waals surface area contributed by atoms with Crippen LogP contribution in [0.4, 0.5) is 5.69 Å². The van der Waals surface area contributed by atoms with E-state index in [1.165, 1.54) is 4.68 Å². The molecule has 0 unspecified atom stereocenters. The number of nitrogen functional groups attached to an aromatic ring is 1. The number of nitrogens with one attached hydrogen (secondary N) is 2. The highest BCUT2D eigenvalue weighted by Crippen LogP contribution is 2.24. The summed E-state index contributed by atoms with van der Waals surface area (Å²) in [6.07, 6.45) is 0. The van der Waals surface area contributed by atoms with E-state index in [2.05, 4.69) is 20.8 Å². The lowest BCUT2D eigenvalue weighted by atomic mass is 10.1. The number of nitrogens with two attached hydrogens (primary N) is 1. The van der Waals surface area contributed by atoms with Crippen LogP contribution in [0.3, 0.4) is 0 Å². The van der Waals surface area contributed by atoms with Gasteiger partial charge in [-0.2, -0.15) is 0 Å². The van der Waals surface area contributed by atoms with E-state index in [-0.39, 0.29) is 17.6 Å². The Balaban J connectivity index is 1.62. The molecule has 2 amide bonds. The van der Waals surface area contributed by atoms with Crippen molar-refractivity contribution in [1.29, 1.82) is 0 Å². The first-order valence-corrected chi connectivity index (χ1v) is 11.0. The van der Waals surface area contributed by atoms with E-state index in [4.69, 9.17) is 10.6 Å². The molecule has 0 aliphatic carbocycles. The van der Waals surface area contributed by atoms with Crippen molar-refractivity contribution in [3.8, 4) is 17.1 Å². The van der Waals surface area contributed by atoms with E-state index < -0.39 is 0 Å². The fraction of sp³-hybridized carbons (Fsp3) is 0.273. The topological polar surface area (TPSA) is 124 Å². The van der Waals surface area contributed by atoms with Gasteiger partial charge in [0, 0.05) is 12.1 Å². The summed E-state index contributed by atoms with van der Waals surface area (Å²) in [5.41, 5.74) is 1.64. The number of carbonyl (C=O) groups excluding carboxylic acids is 2. The molecule has 0 aliphatic heterocycles. The van der Waals surface area contributed by atoms with Gasteiger partial charge in [-0.3, -0.25) is 9.59 Å². The van der Waals surface area contributed by atoms with Gasteiger partial charge in [0.05, 0.1) is 24.1 Å². The van der Waals surface area contributed by atoms with Crippen molar-refractivity contribution in [2.24, 2.45) is 5.92 Å². The van der Waals surface area contributed by atoms with Crippen molar-refractivity contribution >= 4 is 29.3 Å². The van der Waals surface area contributed by atoms with Gasteiger partial charge in [0.1, 0.15) is 5.75 Å². The van der Waals surface area contributed by atoms with E-state index in [1.807, 2.05) is 26.0 Å². The summed E-state index contributed by atoms with van der Waals surface area (Å²) in [6.45, 7) is 4.59. The molecule has 0 fully saturated rings. The summed E-state index contributed by atoms with van der Waals surface area (Å²) < 4.78 is 6.49. The molecule has 3 rings (SSSR count). The molecule has 2 aromatic carbocycles. The molecule has 32 heavy (non-hydrogen) atoms. The van der Waals surface area contributed by atoms with Crippen LogP contribution in [0.15, 0.2) is 53.7 Å². The fourth-order valence-electron chi connectivity index (χ4n) is 2.81. The molecular formula is C22H26N6O3S. The van der Waals surface area contributed by atoms with Crippen molar-refractivity contribution in [3.63, 3.8) is 0 Å². The second kappa shape index (κ2) is 10.7. The third-order valence-electron chi connectivity index (χ3n) is 4.46. The van der Waals surface area contributed by atoms with Crippen molar-refractivity contribution in [3.05, 3.63) is 54.1 Å². The Morgan fingerprint density at radius 2 is 1.84 bits per heavy atom. The quantitative estimate of drug-likeness (QED) is 0.335. The minimum atomic E-state index is -0.284. The second-order valence-electron chi connectivity index (χ2n) is 7.39. The molecular weight excluding hydrogens is 428 g/mol. The molecule has 0 spiro atoms. The second-order valence-corrected chi connectivity index (χ2v) is 8.33. The molecule has 3 aromatic rings. The first-order chi connectivity index (χ1) is 15.4. The van der Waals surface area contributed by atoms with Crippen LogP contribution in [-0.2, 0) is 4.79 Å². The number of anilines is 1. The maximum Gasteiger partial charge on any atom is 0.253 e. The SMILES string of the molecule is COc1ccc(-c2nnc(SCC(=O)Nc3ccccc3C(=O)NCC(C)C)n2N)cc1. The standard InChI is InChI=1S/C22H26N6O3S/c1-14(2)12-24-21(30)17-6-4-5-7-18(17)25-19(29)13-32-22-27-26-20(28(22)23)15-8-10-16(31-3)11-9-15/h4-11,14H,12-13,23H2,1-3H3,(H,24,30)(H,25,29). The number of benzene rings is 2. The largest absolute Gasteiger partial charge is 0.497 e. The summed E-state index contributed by atoms with van der Waals surface area (Å²) in [5.74, 6) is 7.19. The van der Waals surface area contributed by atoms with Crippen LogP contribution in [0, 0.1) is 5.92 Å². The Morgan fingerprint density at radius 1 is 1.12 bits per heavy atom. The fourth-order valence-corrected chi connectivity index (χ4v) is 3.47. The molecule has 0 radical (unpaired) electrons. The third-order valence-corrected chi connectivity index (χ3v) is 5.40. The normalized spacial score (nSPS) is 10.8. The summed E-state index contributed by atoms with van der Waals surface area (Å²) in [6, 6.07) is 14.2. The van der Waals surface area contributed by atoms with Gasteiger partial charge in [-0.15, -0.1) is 10.2 Å². The lowest BCUT2D eigenvalue weighted by molar-refractivity contribution is -0.113. The summed E-state index contributed by atoms with van der Waals surface area (Å²) in [7, 11) is 1.59. The molecule has 0 saturated heterocycles. The molecule has 1 heterocycles. The molecule has 168 valence electrons. The van der Waals surface area contributed by atoms with Gasteiger partial charge in [0.25, 0.3) is 5.91 Å². The van der Waals surface area contributed by atoms with Crippen LogP contribution < -0.4 is 21.2 Å². The third kappa shape index (κ3) is 5.79. The van der Waals surface area contributed by atoms with E-state index in [0.717, 1.165) is 23.1 Å². The van der Waals surface area contributed by atoms with E-state index in [0.29, 0.717) is 34.7 Å². The maximum absolute atomic E-state index is 12.5. The van der Waals surface area contributed by atoms with Crippen molar-refractivity contribution in [1.82, 2.24) is 20.2 Å². The Bertz CT molecular complexity index is 1080. The maximum atomic E-state index is 12.5. The minimum Gasteiger partial charge on any atom is -0.497 e. The highest BCUT2D eigenvalue weighted by atomic mass is 32.2. The summed E-state index contributed by atoms with van der Waals surface area (Å²) in [5, 5.41) is 14.2. The molecule has 4 N–H and O–H groups in total. The molecule has 9 nitrogen and oxygen atoms in total. The smallest absolute Gasteiger partial charge is 0.253 e. The Morgan fingerprint density at radius 3 is 2.53 bits per heavy atom. The Labute approximate surface area is 190 Å². The number of hydrogen-bond donors (Lipinski definition) is 3. The van der Waals surface area contributed by atoms with Crippen LogP contribution in [0.5, 0.6) is 5.75 Å². The Hall–Kier alpha value is -3.53. The van der Waals surface area contributed by atoms with Crippen molar-refractivity contribution in [2.75, 3.05) is 30.6 Å². The van der Waals surface area contributed by atoms with Gasteiger partial charge in [0.2, 0.25) is 11.1 Å². The van der Waals surface area contributed by atoms with E-state index in [9.17, 15) is 9.59 Å². The molecule has 0 bridgehead atoms. The van der Waals surface area contributed by atoms with Crippen LogP contribution in [0.25, 0.3) is 11.4 Å². The number of methoxy groups -OCH3 is 1. The first kappa shape index (κ1) is 23.1. The van der Waals surface area contributed by atoms with Crippen LogP contribution >= 0.6 is 11.8 Å². The molecule has 10 heteroatoms. The molecule has 0 saturated carbocycles. The highest BCUT2D eigenvalue weighted by Gasteiger charge is 2.16. The van der Waals surface area contributed by atoms with Gasteiger partial charge in [0.15, 0.2) is 5.82 Å². The van der Waals surface area contributed by atoms with Crippen LogP contribution in [-0.4, -0.2) is 46.1 Å². The van der Waals surface area contributed by atoms with Gasteiger partial charge < -0.3 is 21.2 Å². The average Bonchev–Trinajstić information content (AvgIpc) is 3.16. The minimum absolute atomic E-state index is 0.0554. The predicted octanol–water partition coefficient (Wildman–Crippen LogP) is 2.78. The molecule has 0 aliphatic rings. The lowest BCUT2D eigenvalue weighted by Gasteiger charge is -2.12. The average molecular weight is 455 g/mol. The van der Waals surface area contributed by atoms with Crippen molar-refractivity contribution < 1.29 is 14.3 Å². The van der Waals surface area contributed by atoms with E-state index >= 15 is 0 Å². The van der Waals surface area contributed by atoms with Crippen LogP contribution in [0.1, 0.15) is 24.2 Å². The van der Waals surface area contributed by atoms with Gasteiger partial charge in [-0.05, 0) is 42.3 Å². The number of hydrogen-bond acceptors (Lipinski definition) is 7. The van der Waals surface area contributed by atoms with Crippen molar-refractivity contribution in [2.45, 2.75) is 19.0 Å². The Kier molecular flexibility index (Phi) is 7.72. The zero-order valence-electron chi connectivity index (χ0n) is 18.2. The first-order valence-electron chi connectivity index (χ1n) is 10.0. The van der Waals surface area contributed by atoms with Gasteiger partial charge in [-0.25, -0.2) is 4.68 Å². The molecule has 0 atom stereocenters. The number of thioether (sulfide) groups is 1. The number of nitrogens with zero attached hydrogens (tertiary/aromatic N) is 3. The molecule has 1 aromatic heterocycles. The summed E-state index contributed by atoms with van der Waals surface area (Å²) in [4.78, 5) is 24.9. The predicted molar refractivity (Wildman–Crippen MR) is 125 cm³/mol.